The maximum atomic E-state index is 11.1. The number of ether oxygens (including phenoxy) is 1. The van der Waals surface area contributed by atoms with Gasteiger partial charge in [-0.1, -0.05) is 6.92 Å². The molecule has 0 aromatic carbocycles. The molecular formula is C7H16N2O5S. The minimum absolute atomic E-state index is 0.0271. The summed E-state index contributed by atoms with van der Waals surface area (Å²) >= 11 is 0. The van der Waals surface area contributed by atoms with Gasteiger partial charge in [0.15, 0.2) is 0 Å². The quantitative estimate of drug-likeness (QED) is 0.445. The van der Waals surface area contributed by atoms with Crippen LogP contribution in [-0.2, 0) is 19.7 Å². The van der Waals surface area contributed by atoms with E-state index in [1.807, 2.05) is 6.92 Å². The van der Waals surface area contributed by atoms with Crippen LogP contribution in [0.5, 0.6) is 0 Å². The number of rotatable bonds is 9. The van der Waals surface area contributed by atoms with Crippen molar-refractivity contribution in [2.24, 2.45) is 0 Å². The molecule has 0 saturated heterocycles. The van der Waals surface area contributed by atoms with Crippen molar-refractivity contribution in [3.63, 3.8) is 0 Å². The van der Waals surface area contributed by atoms with Gasteiger partial charge in [-0.15, -0.1) is 0 Å². The average Bonchev–Trinajstić information content (AvgIpc) is 2.14. The van der Waals surface area contributed by atoms with E-state index in [1.165, 1.54) is 0 Å². The Morgan fingerprint density at radius 1 is 1.33 bits per heavy atom. The summed E-state index contributed by atoms with van der Waals surface area (Å²) in [6.45, 7) is 1.86. The third kappa shape index (κ3) is 9.60. The lowest BCUT2D eigenvalue weighted by Crippen LogP contribution is -2.38. The van der Waals surface area contributed by atoms with Crippen LogP contribution in [0.1, 0.15) is 13.3 Å². The van der Waals surface area contributed by atoms with E-state index in [0.29, 0.717) is 13.0 Å². The van der Waals surface area contributed by atoms with Crippen LogP contribution in [-0.4, -0.2) is 45.8 Å². The van der Waals surface area contributed by atoms with Gasteiger partial charge >= 0.3 is 5.97 Å². The van der Waals surface area contributed by atoms with Crippen molar-refractivity contribution in [1.29, 1.82) is 0 Å². The van der Waals surface area contributed by atoms with E-state index in [-0.39, 0.29) is 13.2 Å². The van der Waals surface area contributed by atoms with Crippen molar-refractivity contribution in [2.75, 3.05) is 26.3 Å². The molecule has 0 amide bonds. The van der Waals surface area contributed by atoms with Gasteiger partial charge in [-0.05, 0) is 6.42 Å². The first-order chi connectivity index (χ1) is 6.98. The molecule has 0 aliphatic carbocycles. The summed E-state index contributed by atoms with van der Waals surface area (Å²) in [6.07, 6.45) is 0.705. The fourth-order valence-corrected chi connectivity index (χ4v) is 1.62. The summed E-state index contributed by atoms with van der Waals surface area (Å²) in [6, 6.07) is 0. The molecule has 0 spiro atoms. The summed E-state index contributed by atoms with van der Waals surface area (Å²) in [7, 11) is -3.47. The Balaban J connectivity index is 3.53. The van der Waals surface area contributed by atoms with E-state index in [2.05, 4.69) is 14.2 Å². The Kier molecular flexibility index (Phi) is 7.22. The lowest BCUT2D eigenvalue weighted by Gasteiger charge is -2.06. The Hall–Kier alpha value is -0.700. The van der Waals surface area contributed by atoms with Crippen LogP contribution >= 0.6 is 0 Å². The molecule has 0 fully saturated rings. The molecule has 0 atom stereocenters. The van der Waals surface area contributed by atoms with E-state index in [0.717, 1.165) is 0 Å². The molecule has 0 heterocycles. The standard InChI is InChI=1S/C7H16N2O5S/c1-2-3-8-15(12,13)9-4-5-14-6-7(10)11/h8-9H,2-6H2,1H3,(H,10,11). The second-order valence-corrected chi connectivity index (χ2v) is 4.32. The molecule has 3 N–H and O–H groups in total. The number of hydrogen-bond donors (Lipinski definition) is 3. The van der Waals surface area contributed by atoms with Crippen molar-refractivity contribution >= 4 is 16.2 Å². The lowest BCUT2D eigenvalue weighted by atomic mass is 10.5. The van der Waals surface area contributed by atoms with Gasteiger partial charge < -0.3 is 9.84 Å². The highest BCUT2D eigenvalue weighted by Gasteiger charge is 2.06. The first-order valence-corrected chi connectivity index (χ1v) is 6.00. The largest absolute Gasteiger partial charge is 0.480 e. The first kappa shape index (κ1) is 14.3. The zero-order valence-electron chi connectivity index (χ0n) is 8.52. The van der Waals surface area contributed by atoms with Crippen molar-refractivity contribution in [3.8, 4) is 0 Å². The van der Waals surface area contributed by atoms with Crippen LogP contribution in [0.3, 0.4) is 0 Å². The minimum Gasteiger partial charge on any atom is -0.480 e. The number of carbonyl (C=O) groups is 1. The highest BCUT2D eigenvalue weighted by Crippen LogP contribution is 1.80. The second-order valence-electron chi connectivity index (χ2n) is 2.74. The van der Waals surface area contributed by atoms with Crippen LogP contribution in [0.25, 0.3) is 0 Å². The molecule has 0 saturated carbocycles. The van der Waals surface area contributed by atoms with Crippen molar-refractivity contribution < 1.29 is 23.1 Å². The monoisotopic (exact) mass is 240 g/mol. The fourth-order valence-electron chi connectivity index (χ4n) is 0.695. The molecular weight excluding hydrogens is 224 g/mol. The van der Waals surface area contributed by atoms with Crippen LogP contribution in [0.15, 0.2) is 0 Å². The Morgan fingerprint density at radius 2 is 1.93 bits per heavy atom. The average molecular weight is 240 g/mol. The number of carboxylic acid groups (broad SMARTS) is 1. The smallest absolute Gasteiger partial charge is 0.329 e. The third-order valence-corrected chi connectivity index (χ3v) is 2.47. The minimum atomic E-state index is -3.47. The summed E-state index contributed by atoms with van der Waals surface area (Å²) in [5, 5.41) is 8.21. The Bertz CT molecular complexity index is 277. The van der Waals surface area contributed by atoms with E-state index >= 15 is 0 Å². The number of aliphatic carboxylic acids is 1. The third-order valence-electron chi connectivity index (χ3n) is 1.31. The molecule has 90 valence electrons. The van der Waals surface area contributed by atoms with Crippen LogP contribution in [0, 0.1) is 0 Å². The fraction of sp³-hybridized carbons (Fsp3) is 0.857. The maximum absolute atomic E-state index is 11.1. The van der Waals surface area contributed by atoms with Gasteiger partial charge in [0.05, 0.1) is 6.61 Å². The zero-order chi connectivity index (χ0) is 11.7. The summed E-state index contributed by atoms with van der Waals surface area (Å²) < 4.78 is 31.3. The molecule has 8 heteroatoms. The molecule has 0 aliphatic rings. The van der Waals surface area contributed by atoms with Crippen molar-refractivity contribution in [3.05, 3.63) is 0 Å². The molecule has 0 aliphatic heterocycles. The van der Waals surface area contributed by atoms with E-state index in [4.69, 9.17) is 5.11 Å². The molecule has 7 nitrogen and oxygen atoms in total. The van der Waals surface area contributed by atoms with Gasteiger partial charge in [0.2, 0.25) is 0 Å². The topological polar surface area (TPSA) is 105 Å². The SMILES string of the molecule is CCCNS(=O)(=O)NCCOCC(=O)O. The molecule has 0 radical (unpaired) electrons. The second kappa shape index (κ2) is 7.57. The van der Waals surface area contributed by atoms with Gasteiger partial charge in [-0.3, -0.25) is 0 Å². The summed E-state index contributed by atoms with van der Waals surface area (Å²) in [4.78, 5) is 10.0. The van der Waals surface area contributed by atoms with Gasteiger partial charge in [0.1, 0.15) is 6.61 Å². The van der Waals surface area contributed by atoms with Gasteiger partial charge in [0, 0.05) is 13.1 Å². The van der Waals surface area contributed by atoms with Crippen LogP contribution < -0.4 is 9.44 Å². The predicted molar refractivity (Wildman–Crippen MR) is 53.7 cm³/mol. The molecule has 0 unspecified atom stereocenters. The normalized spacial score (nSPS) is 11.5. The number of nitrogens with one attached hydrogen (secondary N) is 2. The molecule has 0 aromatic rings. The number of carboxylic acids is 1. The van der Waals surface area contributed by atoms with Gasteiger partial charge in [-0.2, -0.15) is 13.1 Å². The zero-order valence-corrected chi connectivity index (χ0v) is 9.34. The van der Waals surface area contributed by atoms with Gasteiger partial charge in [-0.25, -0.2) is 9.52 Å². The predicted octanol–water partition coefficient (Wildman–Crippen LogP) is -1.08. The summed E-state index contributed by atoms with van der Waals surface area (Å²) in [5.74, 6) is -1.08. The Morgan fingerprint density at radius 3 is 2.47 bits per heavy atom. The van der Waals surface area contributed by atoms with E-state index in [9.17, 15) is 13.2 Å². The first-order valence-electron chi connectivity index (χ1n) is 4.51. The van der Waals surface area contributed by atoms with Crippen molar-refractivity contribution in [2.45, 2.75) is 13.3 Å². The maximum Gasteiger partial charge on any atom is 0.329 e. The lowest BCUT2D eigenvalue weighted by molar-refractivity contribution is -0.142. The summed E-state index contributed by atoms with van der Waals surface area (Å²) in [5.41, 5.74) is 0. The highest BCUT2D eigenvalue weighted by molar-refractivity contribution is 7.87. The number of hydrogen-bond acceptors (Lipinski definition) is 4. The highest BCUT2D eigenvalue weighted by atomic mass is 32.2. The van der Waals surface area contributed by atoms with Crippen LogP contribution in [0.4, 0.5) is 0 Å². The molecule has 0 aromatic heterocycles. The van der Waals surface area contributed by atoms with Crippen LogP contribution in [0.2, 0.25) is 0 Å². The molecule has 0 bridgehead atoms. The van der Waals surface area contributed by atoms with Crippen molar-refractivity contribution in [1.82, 2.24) is 9.44 Å². The Labute approximate surface area is 89.0 Å². The van der Waals surface area contributed by atoms with Gasteiger partial charge in [0.25, 0.3) is 10.2 Å². The van der Waals surface area contributed by atoms with E-state index < -0.39 is 22.8 Å². The molecule has 0 rings (SSSR count). The van der Waals surface area contributed by atoms with E-state index in [1.54, 1.807) is 0 Å². The molecule has 15 heavy (non-hydrogen) atoms.